The number of thiazole rings is 1. The highest BCUT2D eigenvalue weighted by atomic mass is 79.9. The summed E-state index contributed by atoms with van der Waals surface area (Å²) in [5.74, 6) is 0. The van der Waals surface area contributed by atoms with E-state index in [9.17, 15) is 0 Å². The highest BCUT2D eigenvalue weighted by Gasteiger charge is 1.95. The second-order valence-electron chi connectivity index (χ2n) is 1.47. The normalized spacial score (nSPS) is 8.90. The Bertz CT molecular complexity index is 264. The van der Waals surface area contributed by atoms with Crippen molar-refractivity contribution >= 4 is 27.3 Å². The fraction of sp³-hybridized carbons (Fsp3) is 0.250. The number of nitrogens with zero attached hydrogens (tertiary/aromatic N) is 4. The summed E-state index contributed by atoms with van der Waals surface area (Å²) in [4.78, 5) is 7.51. The molecule has 1 aromatic heterocycles. The van der Waals surface area contributed by atoms with Crippen LogP contribution in [0.15, 0.2) is 15.2 Å². The van der Waals surface area contributed by atoms with Gasteiger partial charge in [-0.1, -0.05) is 5.11 Å². The van der Waals surface area contributed by atoms with Gasteiger partial charge in [-0.15, -0.1) is 11.3 Å². The Morgan fingerprint density at radius 2 is 2.70 bits per heavy atom. The van der Waals surface area contributed by atoms with Crippen molar-refractivity contribution in [2.75, 3.05) is 0 Å². The number of hydrogen-bond donors (Lipinski definition) is 0. The van der Waals surface area contributed by atoms with Crippen LogP contribution in [-0.4, -0.2) is 4.98 Å². The molecule has 0 aliphatic heterocycles. The highest BCUT2D eigenvalue weighted by molar-refractivity contribution is 9.11. The lowest BCUT2D eigenvalue weighted by Crippen LogP contribution is -1.67. The quantitative estimate of drug-likeness (QED) is 0.428. The van der Waals surface area contributed by atoms with Crippen molar-refractivity contribution in [1.29, 1.82) is 0 Å². The first-order valence-electron chi connectivity index (χ1n) is 2.44. The molecule has 1 rings (SSSR count). The van der Waals surface area contributed by atoms with Gasteiger partial charge in [0.1, 0.15) is 0 Å². The van der Waals surface area contributed by atoms with E-state index in [1.165, 1.54) is 11.3 Å². The Morgan fingerprint density at radius 1 is 1.90 bits per heavy atom. The number of aromatic nitrogens is 1. The van der Waals surface area contributed by atoms with Crippen LogP contribution >= 0.6 is 27.3 Å². The van der Waals surface area contributed by atoms with Gasteiger partial charge in [0.25, 0.3) is 0 Å². The van der Waals surface area contributed by atoms with Crippen LogP contribution in [0.25, 0.3) is 10.4 Å². The largest absolute Gasteiger partial charge is 0.237 e. The molecule has 10 heavy (non-hydrogen) atoms. The Kier molecular flexibility index (Phi) is 2.68. The minimum Gasteiger partial charge on any atom is -0.237 e. The minimum atomic E-state index is 0.389. The van der Waals surface area contributed by atoms with Gasteiger partial charge >= 0.3 is 0 Å². The molecule has 0 amide bonds. The molecule has 0 saturated carbocycles. The van der Waals surface area contributed by atoms with Gasteiger partial charge in [0.05, 0.1) is 6.54 Å². The van der Waals surface area contributed by atoms with Crippen molar-refractivity contribution in [2.45, 2.75) is 6.54 Å². The lowest BCUT2D eigenvalue weighted by molar-refractivity contribution is 1.07. The molecule has 1 heterocycles. The Balaban J connectivity index is 2.66. The molecule has 0 bridgehead atoms. The maximum Gasteiger partial charge on any atom is 0.159 e. The zero-order valence-corrected chi connectivity index (χ0v) is 7.26. The Labute approximate surface area is 69.7 Å². The first-order valence-corrected chi connectivity index (χ1v) is 4.05. The van der Waals surface area contributed by atoms with Crippen LogP contribution in [0.3, 0.4) is 0 Å². The van der Waals surface area contributed by atoms with Crippen LogP contribution in [0.1, 0.15) is 4.88 Å². The number of hydrogen-bond acceptors (Lipinski definition) is 3. The molecule has 1 aromatic rings. The molecular formula is C4H3BrN4S. The van der Waals surface area contributed by atoms with E-state index in [2.05, 4.69) is 30.9 Å². The molecule has 4 nitrogen and oxygen atoms in total. The third-order valence-corrected chi connectivity index (χ3v) is 2.28. The highest BCUT2D eigenvalue weighted by Crippen LogP contribution is 2.18. The Morgan fingerprint density at radius 3 is 3.20 bits per heavy atom. The molecule has 0 fully saturated rings. The van der Waals surface area contributed by atoms with Gasteiger partial charge in [0.2, 0.25) is 0 Å². The van der Waals surface area contributed by atoms with Gasteiger partial charge in [-0.05, 0) is 21.5 Å². The Hall–Kier alpha value is -0.580. The van der Waals surface area contributed by atoms with E-state index in [1.807, 2.05) is 0 Å². The zero-order valence-electron chi connectivity index (χ0n) is 4.86. The van der Waals surface area contributed by atoms with E-state index in [-0.39, 0.29) is 0 Å². The summed E-state index contributed by atoms with van der Waals surface area (Å²) in [6, 6.07) is 0. The maximum atomic E-state index is 7.97. The third-order valence-electron chi connectivity index (χ3n) is 0.815. The van der Waals surface area contributed by atoms with Gasteiger partial charge < -0.3 is 0 Å². The molecule has 0 unspecified atom stereocenters. The summed E-state index contributed by atoms with van der Waals surface area (Å²) in [5, 5.41) is 3.39. The van der Waals surface area contributed by atoms with Crippen molar-refractivity contribution in [3.05, 3.63) is 25.4 Å². The van der Waals surface area contributed by atoms with Crippen molar-refractivity contribution in [3.63, 3.8) is 0 Å². The molecule has 0 aromatic carbocycles. The summed E-state index contributed by atoms with van der Waals surface area (Å²) in [6.45, 7) is 0.389. The number of halogens is 1. The average molecular weight is 219 g/mol. The fourth-order valence-electron chi connectivity index (χ4n) is 0.458. The van der Waals surface area contributed by atoms with Crippen molar-refractivity contribution in [1.82, 2.24) is 4.98 Å². The first kappa shape index (κ1) is 7.53. The molecule has 0 spiro atoms. The molecule has 6 heteroatoms. The lowest BCUT2D eigenvalue weighted by Gasteiger charge is -1.79. The van der Waals surface area contributed by atoms with E-state index >= 15 is 0 Å². The predicted molar refractivity (Wildman–Crippen MR) is 42.7 cm³/mol. The van der Waals surface area contributed by atoms with E-state index in [0.717, 1.165) is 8.79 Å². The van der Waals surface area contributed by atoms with Gasteiger partial charge in [0.15, 0.2) is 3.92 Å². The second kappa shape index (κ2) is 3.55. The van der Waals surface area contributed by atoms with Crippen LogP contribution < -0.4 is 0 Å². The molecule has 0 atom stereocenters. The second-order valence-corrected chi connectivity index (χ2v) is 3.86. The third kappa shape index (κ3) is 1.98. The van der Waals surface area contributed by atoms with Gasteiger partial charge in [-0.2, -0.15) is 0 Å². The summed E-state index contributed by atoms with van der Waals surface area (Å²) in [6.07, 6.45) is 1.68. The average Bonchev–Trinajstić information content (AvgIpc) is 2.31. The van der Waals surface area contributed by atoms with Crippen molar-refractivity contribution in [2.24, 2.45) is 5.11 Å². The lowest BCUT2D eigenvalue weighted by atomic mass is 10.6. The van der Waals surface area contributed by atoms with Crippen LogP contribution in [0.4, 0.5) is 0 Å². The first-order chi connectivity index (χ1) is 4.83. The molecule has 0 radical (unpaired) electrons. The number of rotatable bonds is 2. The van der Waals surface area contributed by atoms with Crippen molar-refractivity contribution < 1.29 is 0 Å². The van der Waals surface area contributed by atoms with Crippen LogP contribution in [0.2, 0.25) is 0 Å². The standard InChI is InChI=1S/C4H3BrN4S/c5-4-7-1-3(10-4)2-8-9-6/h1H,2H2. The summed E-state index contributed by atoms with van der Waals surface area (Å²) < 4.78 is 0.815. The molecule has 0 aliphatic rings. The van der Waals surface area contributed by atoms with E-state index in [4.69, 9.17) is 5.53 Å². The van der Waals surface area contributed by atoms with Crippen LogP contribution in [0, 0.1) is 0 Å². The predicted octanol–water partition coefficient (Wildman–Crippen LogP) is 2.72. The SMILES string of the molecule is [N-]=[N+]=NCc1cnc(Br)s1. The zero-order chi connectivity index (χ0) is 7.40. The summed E-state index contributed by atoms with van der Waals surface area (Å²) in [7, 11) is 0. The summed E-state index contributed by atoms with van der Waals surface area (Å²) in [5.41, 5.74) is 7.97. The van der Waals surface area contributed by atoms with Gasteiger partial charge in [-0.3, -0.25) is 0 Å². The van der Waals surface area contributed by atoms with E-state index in [1.54, 1.807) is 6.20 Å². The van der Waals surface area contributed by atoms with Gasteiger partial charge in [-0.25, -0.2) is 4.98 Å². The molecule has 0 aliphatic carbocycles. The van der Waals surface area contributed by atoms with Crippen LogP contribution in [-0.2, 0) is 6.54 Å². The molecule has 0 N–H and O–H groups in total. The molecule has 0 saturated heterocycles. The monoisotopic (exact) mass is 218 g/mol. The molecule has 52 valence electrons. The fourth-order valence-corrected chi connectivity index (χ4v) is 1.73. The van der Waals surface area contributed by atoms with Crippen molar-refractivity contribution in [3.8, 4) is 0 Å². The number of azide groups is 1. The summed E-state index contributed by atoms with van der Waals surface area (Å²) >= 11 is 4.67. The minimum absolute atomic E-state index is 0.389. The topological polar surface area (TPSA) is 61.7 Å². The molecular weight excluding hydrogens is 216 g/mol. The van der Waals surface area contributed by atoms with E-state index in [0.29, 0.717) is 6.54 Å². The van der Waals surface area contributed by atoms with Gasteiger partial charge in [0, 0.05) is 16.0 Å². The smallest absolute Gasteiger partial charge is 0.159 e. The maximum absolute atomic E-state index is 7.97. The van der Waals surface area contributed by atoms with Crippen LogP contribution in [0.5, 0.6) is 0 Å². The van der Waals surface area contributed by atoms with E-state index < -0.39 is 0 Å².